The lowest BCUT2D eigenvalue weighted by Gasteiger charge is -2.53. The molecular formula is C18H27FN2O. The van der Waals surface area contributed by atoms with Gasteiger partial charge in [-0.15, -0.1) is 0 Å². The lowest BCUT2D eigenvalue weighted by molar-refractivity contribution is -0.0684. The summed E-state index contributed by atoms with van der Waals surface area (Å²) < 4.78 is 13.4. The second-order valence-corrected chi connectivity index (χ2v) is 7.19. The molecule has 2 atom stereocenters. The van der Waals surface area contributed by atoms with Crippen molar-refractivity contribution in [2.24, 2.45) is 5.41 Å². The highest BCUT2D eigenvalue weighted by atomic mass is 19.1. The summed E-state index contributed by atoms with van der Waals surface area (Å²) in [7, 11) is 2.18. The third kappa shape index (κ3) is 2.92. The van der Waals surface area contributed by atoms with Crippen LogP contribution in [0.2, 0.25) is 0 Å². The number of fused-ring (bicyclic) bond motifs is 1. The Kier molecular flexibility index (Phi) is 4.53. The Bertz CT molecular complexity index is 536. The number of halogens is 1. The Labute approximate surface area is 132 Å². The van der Waals surface area contributed by atoms with Crippen LogP contribution >= 0.6 is 0 Å². The molecular weight excluding hydrogens is 279 g/mol. The highest BCUT2D eigenvalue weighted by molar-refractivity contribution is 5.24. The Morgan fingerprint density at radius 2 is 2.14 bits per heavy atom. The zero-order valence-corrected chi connectivity index (χ0v) is 13.7. The quantitative estimate of drug-likeness (QED) is 0.929. The van der Waals surface area contributed by atoms with Crippen LogP contribution in [-0.2, 0) is 6.54 Å². The lowest BCUT2D eigenvalue weighted by atomic mass is 9.69. The van der Waals surface area contributed by atoms with Crippen molar-refractivity contribution in [2.75, 3.05) is 33.3 Å². The number of hydrogen-bond donors (Lipinski definition) is 1. The number of aryl methyl sites for hydroxylation is 1. The van der Waals surface area contributed by atoms with Crippen molar-refractivity contribution in [3.63, 3.8) is 0 Å². The summed E-state index contributed by atoms with van der Waals surface area (Å²) >= 11 is 0. The van der Waals surface area contributed by atoms with Gasteiger partial charge in [0.2, 0.25) is 0 Å². The molecule has 4 heteroatoms. The molecule has 0 unspecified atom stereocenters. The molecule has 2 saturated heterocycles. The van der Waals surface area contributed by atoms with E-state index in [9.17, 15) is 9.50 Å². The van der Waals surface area contributed by atoms with Gasteiger partial charge in [0.05, 0.1) is 6.61 Å². The molecule has 3 rings (SSSR count). The minimum atomic E-state index is -0.131. The van der Waals surface area contributed by atoms with E-state index in [0.717, 1.165) is 39.0 Å². The number of likely N-dealkylation sites (N-methyl/N-ethyl adjacent to an activating group) is 1. The molecule has 2 aliphatic rings. The van der Waals surface area contributed by atoms with Crippen LogP contribution in [0.1, 0.15) is 30.4 Å². The third-order valence-electron chi connectivity index (χ3n) is 5.72. The average Bonchev–Trinajstić information content (AvgIpc) is 2.52. The van der Waals surface area contributed by atoms with E-state index < -0.39 is 0 Å². The van der Waals surface area contributed by atoms with Gasteiger partial charge in [0.25, 0.3) is 0 Å². The predicted octanol–water partition coefficient (Wildman–Crippen LogP) is 2.41. The van der Waals surface area contributed by atoms with Crippen LogP contribution in [0.5, 0.6) is 0 Å². The van der Waals surface area contributed by atoms with E-state index in [1.54, 1.807) is 6.07 Å². The van der Waals surface area contributed by atoms with Crippen molar-refractivity contribution in [1.29, 1.82) is 0 Å². The van der Waals surface area contributed by atoms with Gasteiger partial charge in [-0.25, -0.2) is 4.39 Å². The van der Waals surface area contributed by atoms with Gasteiger partial charge in [-0.1, -0.05) is 12.1 Å². The van der Waals surface area contributed by atoms with Crippen molar-refractivity contribution in [3.05, 3.63) is 35.1 Å². The minimum Gasteiger partial charge on any atom is -0.396 e. The number of hydrogen-bond acceptors (Lipinski definition) is 3. The number of benzene rings is 1. The standard InChI is InChI=1S/C18H27FN2O/c1-14-10-15(4-5-16(14)19)11-21-9-7-18(13-22)6-3-8-20(2)17(18)12-21/h4-5,10,17,22H,3,6-9,11-13H2,1-2H3/t17-,18-/m1/s1. The summed E-state index contributed by atoms with van der Waals surface area (Å²) in [6.07, 6.45) is 3.38. The maximum Gasteiger partial charge on any atom is 0.126 e. The van der Waals surface area contributed by atoms with Gasteiger partial charge in [-0.3, -0.25) is 4.90 Å². The first-order valence-electron chi connectivity index (χ1n) is 8.32. The predicted molar refractivity (Wildman–Crippen MR) is 86.2 cm³/mol. The molecule has 0 bridgehead atoms. The fourth-order valence-electron chi connectivity index (χ4n) is 4.28. The van der Waals surface area contributed by atoms with Gasteiger partial charge >= 0.3 is 0 Å². The van der Waals surface area contributed by atoms with Gasteiger partial charge in [0.15, 0.2) is 0 Å². The molecule has 122 valence electrons. The molecule has 3 nitrogen and oxygen atoms in total. The van der Waals surface area contributed by atoms with Crippen LogP contribution in [0, 0.1) is 18.2 Å². The second-order valence-electron chi connectivity index (χ2n) is 7.19. The molecule has 1 aromatic rings. The van der Waals surface area contributed by atoms with Crippen molar-refractivity contribution in [1.82, 2.24) is 9.80 Å². The monoisotopic (exact) mass is 306 g/mol. The van der Waals surface area contributed by atoms with E-state index in [2.05, 4.69) is 16.8 Å². The van der Waals surface area contributed by atoms with Crippen LogP contribution in [0.15, 0.2) is 18.2 Å². The average molecular weight is 306 g/mol. The van der Waals surface area contributed by atoms with E-state index in [4.69, 9.17) is 0 Å². The Morgan fingerprint density at radius 1 is 1.32 bits per heavy atom. The summed E-state index contributed by atoms with van der Waals surface area (Å²) in [5.74, 6) is -0.131. The molecule has 1 N–H and O–H groups in total. The van der Waals surface area contributed by atoms with Crippen molar-refractivity contribution >= 4 is 0 Å². The van der Waals surface area contributed by atoms with Crippen LogP contribution < -0.4 is 0 Å². The lowest BCUT2D eigenvalue weighted by Crippen LogP contribution is -2.61. The Morgan fingerprint density at radius 3 is 2.86 bits per heavy atom. The molecule has 1 aromatic carbocycles. The zero-order valence-electron chi connectivity index (χ0n) is 13.7. The maximum absolute atomic E-state index is 13.4. The fourth-order valence-corrected chi connectivity index (χ4v) is 4.28. The summed E-state index contributed by atoms with van der Waals surface area (Å²) in [5, 5.41) is 9.95. The Hall–Kier alpha value is -0.970. The molecule has 2 aliphatic heterocycles. The van der Waals surface area contributed by atoms with Gasteiger partial charge in [0.1, 0.15) is 5.82 Å². The summed E-state index contributed by atoms with van der Waals surface area (Å²) in [6, 6.07) is 5.84. The first kappa shape index (κ1) is 15.9. The van der Waals surface area contributed by atoms with E-state index >= 15 is 0 Å². The van der Waals surface area contributed by atoms with Crippen LogP contribution in [0.25, 0.3) is 0 Å². The molecule has 2 heterocycles. The van der Waals surface area contributed by atoms with Crippen molar-refractivity contribution < 1.29 is 9.50 Å². The van der Waals surface area contributed by atoms with Gasteiger partial charge in [-0.05, 0) is 63.5 Å². The smallest absolute Gasteiger partial charge is 0.126 e. The first-order chi connectivity index (χ1) is 10.5. The van der Waals surface area contributed by atoms with Crippen molar-refractivity contribution in [3.8, 4) is 0 Å². The molecule has 0 saturated carbocycles. The second kappa shape index (κ2) is 6.26. The van der Waals surface area contributed by atoms with E-state index in [-0.39, 0.29) is 11.2 Å². The summed E-state index contributed by atoms with van der Waals surface area (Å²) in [6.45, 7) is 6.12. The molecule has 0 spiro atoms. The zero-order chi connectivity index (χ0) is 15.7. The van der Waals surface area contributed by atoms with Crippen LogP contribution in [-0.4, -0.2) is 54.2 Å². The van der Waals surface area contributed by atoms with Crippen LogP contribution in [0.3, 0.4) is 0 Å². The Balaban J connectivity index is 1.71. The minimum absolute atomic E-state index is 0.0855. The SMILES string of the molecule is Cc1cc(CN2CC[C@@]3(CO)CCCN(C)[C@@H]3C2)ccc1F. The molecule has 22 heavy (non-hydrogen) atoms. The maximum atomic E-state index is 13.4. The molecule has 0 aliphatic carbocycles. The first-order valence-corrected chi connectivity index (χ1v) is 8.32. The number of aliphatic hydroxyl groups excluding tert-OH is 1. The van der Waals surface area contributed by atoms with E-state index in [0.29, 0.717) is 18.2 Å². The molecule has 2 fully saturated rings. The molecule has 0 amide bonds. The summed E-state index contributed by atoms with van der Waals surface area (Å²) in [5.41, 5.74) is 1.98. The van der Waals surface area contributed by atoms with Crippen LogP contribution in [0.4, 0.5) is 4.39 Å². The summed E-state index contributed by atoms with van der Waals surface area (Å²) in [4.78, 5) is 4.87. The highest BCUT2D eigenvalue weighted by Gasteiger charge is 2.46. The van der Waals surface area contributed by atoms with Gasteiger partial charge in [-0.2, -0.15) is 0 Å². The molecule has 0 radical (unpaired) electrons. The number of rotatable bonds is 3. The number of aliphatic hydroxyl groups is 1. The van der Waals surface area contributed by atoms with Gasteiger partial charge in [0, 0.05) is 24.5 Å². The largest absolute Gasteiger partial charge is 0.396 e. The topological polar surface area (TPSA) is 26.7 Å². The number of likely N-dealkylation sites (tertiary alicyclic amines) is 2. The normalized spacial score (nSPS) is 30.3. The van der Waals surface area contributed by atoms with Gasteiger partial charge < -0.3 is 10.0 Å². The highest BCUT2D eigenvalue weighted by Crippen LogP contribution is 2.41. The third-order valence-corrected chi connectivity index (χ3v) is 5.72. The van der Waals surface area contributed by atoms with E-state index in [1.807, 2.05) is 19.1 Å². The number of nitrogens with zero attached hydrogens (tertiary/aromatic N) is 2. The van der Waals surface area contributed by atoms with Crippen molar-refractivity contribution in [2.45, 2.75) is 38.8 Å². The fraction of sp³-hybridized carbons (Fsp3) is 0.667. The molecule has 0 aromatic heterocycles. The van der Waals surface area contributed by atoms with E-state index in [1.165, 1.54) is 12.0 Å². The number of piperidine rings is 2.